The lowest BCUT2D eigenvalue weighted by molar-refractivity contribution is -0.119. The van der Waals surface area contributed by atoms with Gasteiger partial charge in [0.1, 0.15) is 17.5 Å². The first-order valence-electron chi connectivity index (χ1n) is 5.72. The first kappa shape index (κ1) is 12.4. The molecule has 1 heterocycles. The molecule has 1 aromatic carbocycles. The molecule has 2 rings (SSSR count). The molecule has 1 N–H and O–H groups in total. The van der Waals surface area contributed by atoms with Crippen LogP contribution >= 0.6 is 0 Å². The van der Waals surface area contributed by atoms with Crippen molar-refractivity contribution in [2.45, 2.75) is 6.42 Å². The third-order valence-electron chi connectivity index (χ3n) is 2.92. The van der Waals surface area contributed by atoms with Crippen LogP contribution in [0.15, 0.2) is 18.2 Å². The Morgan fingerprint density at radius 2 is 2.44 bits per heavy atom. The van der Waals surface area contributed by atoms with Gasteiger partial charge in [-0.15, -0.1) is 0 Å². The van der Waals surface area contributed by atoms with Crippen LogP contribution in [0.3, 0.4) is 0 Å². The lowest BCUT2D eigenvalue weighted by Gasteiger charge is -2.13. The molecule has 5 nitrogen and oxygen atoms in total. The Morgan fingerprint density at radius 1 is 1.61 bits per heavy atom. The van der Waals surface area contributed by atoms with E-state index in [1.54, 1.807) is 18.2 Å². The summed E-state index contributed by atoms with van der Waals surface area (Å²) in [6.45, 7) is 1.04. The van der Waals surface area contributed by atoms with Gasteiger partial charge in [-0.25, -0.2) is 0 Å². The quantitative estimate of drug-likeness (QED) is 0.878. The molecule has 1 aliphatic rings. The topological polar surface area (TPSA) is 71.3 Å². The zero-order valence-electron chi connectivity index (χ0n) is 10.1. The van der Waals surface area contributed by atoms with Gasteiger partial charge in [-0.05, 0) is 18.6 Å². The van der Waals surface area contributed by atoms with Crippen molar-refractivity contribution in [2.24, 2.45) is 5.92 Å². The molecule has 1 atom stereocenters. The van der Waals surface area contributed by atoms with Crippen LogP contribution in [0, 0.1) is 17.2 Å². The van der Waals surface area contributed by atoms with E-state index in [9.17, 15) is 4.79 Å². The maximum absolute atomic E-state index is 12.0. The smallest absolute Gasteiger partial charge is 0.230 e. The number of hydrogen-bond acceptors (Lipinski definition) is 4. The van der Waals surface area contributed by atoms with Crippen LogP contribution in [0.4, 0.5) is 5.69 Å². The first-order chi connectivity index (χ1) is 8.76. The van der Waals surface area contributed by atoms with E-state index in [0.717, 1.165) is 0 Å². The number of nitriles is 1. The molecule has 5 heteroatoms. The normalized spacial score (nSPS) is 18.1. The lowest BCUT2D eigenvalue weighted by atomic mass is 10.1. The minimum absolute atomic E-state index is 0.131. The van der Waals surface area contributed by atoms with E-state index in [1.165, 1.54) is 7.11 Å². The second-order valence-electron chi connectivity index (χ2n) is 4.04. The van der Waals surface area contributed by atoms with Crippen molar-refractivity contribution in [3.8, 4) is 11.8 Å². The molecule has 1 amide bonds. The van der Waals surface area contributed by atoms with Gasteiger partial charge >= 0.3 is 0 Å². The number of methoxy groups -OCH3 is 1. The van der Waals surface area contributed by atoms with Crippen molar-refractivity contribution in [1.82, 2.24) is 0 Å². The predicted octanol–water partition coefficient (Wildman–Crippen LogP) is 1.54. The number of nitrogens with zero attached hydrogens (tertiary/aromatic N) is 1. The highest BCUT2D eigenvalue weighted by Crippen LogP contribution is 2.28. The Kier molecular flexibility index (Phi) is 3.80. The molecule has 1 unspecified atom stereocenters. The van der Waals surface area contributed by atoms with Crippen LogP contribution in [0.1, 0.15) is 12.0 Å². The van der Waals surface area contributed by atoms with Crippen LogP contribution in [-0.4, -0.2) is 26.2 Å². The highest BCUT2D eigenvalue weighted by molar-refractivity contribution is 5.95. The maximum atomic E-state index is 12.0. The highest BCUT2D eigenvalue weighted by atomic mass is 16.5. The highest BCUT2D eigenvalue weighted by Gasteiger charge is 2.25. The second kappa shape index (κ2) is 5.52. The van der Waals surface area contributed by atoms with Gasteiger partial charge in [-0.3, -0.25) is 4.79 Å². The third kappa shape index (κ3) is 2.44. The molecule has 0 aromatic heterocycles. The van der Waals surface area contributed by atoms with Crippen molar-refractivity contribution < 1.29 is 14.3 Å². The SMILES string of the molecule is COc1cccc(C#N)c1NC(=O)C1CCOC1. The van der Waals surface area contributed by atoms with Gasteiger partial charge in [-0.1, -0.05) is 6.07 Å². The van der Waals surface area contributed by atoms with Gasteiger partial charge in [0, 0.05) is 6.61 Å². The fraction of sp³-hybridized carbons (Fsp3) is 0.385. The van der Waals surface area contributed by atoms with Crippen LogP contribution in [0.2, 0.25) is 0 Å². The number of carbonyl (C=O) groups excluding carboxylic acids is 1. The largest absolute Gasteiger partial charge is 0.495 e. The number of carbonyl (C=O) groups is 1. The fourth-order valence-electron chi connectivity index (χ4n) is 1.89. The number of rotatable bonds is 3. The van der Waals surface area contributed by atoms with Gasteiger partial charge in [0.15, 0.2) is 0 Å². The molecule has 1 saturated heterocycles. The van der Waals surface area contributed by atoms with Crippen molar-refractivity contribution in [3.05, 3.63) is 23.8 Å². The third-order valence-corrected chi connectivity index (χ3v) is 2.92. The molecule has 1 aliphatic heterocycles. The van der Waals surface area contributed by atoms with Crippen molar-refractivity contribution in [3.63, 3.8) is 0 Å². The number of ether oxygens (including phenoxy) is 2. The monoisotopic (exact) mass is 246 g/mol. The lowest BCUT2D eigenvalue weighted by Crippen LogP contribution is -2.23. The van der Waals surface area contributed by atoms with Gasteiger partial charge in [0.05, 0.1) is 25.2 Å². The summed E-state index contributed by atoms with van der Waals surface area (Å²) in [5.74, 6) is 0.205. The Bertz CT molecular complexity index is 487. The van der Waals surface area contributed by atoms with Crippen molar-refractivity contribution in [2.75, 3.05) is 25.6 Å². The molecule has 0 bridgehead atoms. The van der Waals surface area contributed by atoms with E-state index in [2.05, 4.69) is 5.32 Å². The summed E-state index contributed by atoms with van der Waals surface area (Å²) >= 11 is 0. The Balaban J connectivity index is 2.22. The van der Waals surface area contributed by atoms with Gasteiger partial charge in [0.2, 0.25) is 5.91 Å². The predicted molar refractivity (Wildman–Crippen MR) is 65.3 cm³/mol. The van der Waals surface area contributed by atoms with Crippen LogP contribution < -0.4 is 10.1 Å². The summed E-state index contributed by atoms with van der Waals surface area (Å²) in [5, 5.41) is 11.8. The summed E-state index contributed by atoms with van der Waals surface area (Å²) in [7, 11) is 1.50. The molecular weight excluding hydrogens is 232 g/mol. The van der Waals surface area contributed by atoms with E-state index < -0.39 is 0 Å². The van der Waals surface area contributed by atoms with E-state index in [-0.39, 0.29) is 11.8 Å². The molecule has 1 aromatic rings. The minimum Gasteiger partial charge on any atom is -0.495 e. The average Bonchev–Trinajstić information content (AvgIpc) is 2.93. The minimum atomic E-state index is -0.151. The summed E-state index contributed by atoms with van der Waals surface area (Å²) in [5.41, 5.74) is 0.820. The number of amides is 1. The second-order valence-corrected chi connectivity index (χ2v) is 4.04. The van der Waals surface area contributed by atoms with Gasteiger partial charge in [-0.2, -0.15) is 5.26 Å². The zero-order chi connectivity index (χ0) is 13.0. The molecule has 1 fully saturated rings. The number of para-hydroxylation sites is 1. The molecule has 0 radical (unpaired) electrons. The average molecular weight is 246 g/mol. The van der Waals surface area contributed by atoms with Gasteiger partial charge < -0.3 is 14.8 Å². The van der Waals surface area contributed by atoms with Crippen molar-refractivity contribution >= 4 is 11.6 Å². The Morgan fingerprint density at radius 3 is 3.06 bits per heavy atom. The standard InChI is InChI=1S/C13H14N2O3/c1-17-11-4-2-3-9(7-14)12(11)15-13(16)10-5-6-18-8-10/h2-4,10H,5-6,8H2,1H3,(H,15,16). The number of nitrogens with one attached hydrogen (secondary N) is 1. The van der Waals surface area contributed by atoms with E-state index in [0.29, 0.717) is 36.6 Å². The number of hydrogen-bond donors (Lipinski definition) is 1. The summed E-state index contributed by atoms with van der Waals surface area (Å²) < 4.78 is 10.3. The first-order valence-corrected chi connectivity index (χ1v) is 5.72. The molecule has 94 valence electrons. The summed E-state index contributed by atoms with van der Waals surface area (Å²) in [6.07, 6.45) is 0.711. The Labute approximate surface area is 105 Å². The number of anilines is 1. The molecule has 0 spiro atoms. The molecule has 0 aliphatic carbocycles. The summed E-state index contributed by atoms with van der Waals surface area (Å²) in [6, 6.07) is 7.11. The van der Waals surface area contributed by atoms with Crippen LogP contribution in [0.25, 0.3) is 0 Å². The molecule has 0 saturated carbocycles. The number of benzene rings is 1. The molecule has 18 heavy (non-hydrogen) atoms. The maximum Gasteiger partial charge on any atom is 0.230 e. The van der Waals surface area contributed by atoms with Crippen LogP contribution in [-0.2, 0) is 9.53 Å². The van der Waals surface area contributed by atoms with Gasteiger partial charge in [0.25, 0.3) is 0 Å². The Hall–Kier alpha value is -2.06. The zero-order valence-corrected chi connectivity index (χ0v) is 10.1. The fourth-order valence-corrected chi connectivity index (χ4v) is 1.89. The van der Waals surface area contributed by atoms with E-state index >= 15 is 0 Å². The van der Waals surface area contributed by atoms with E-state index in [4.69, 9.17) is 14.7 Å². The molecular formula is C13H14N2O3. The van der Waals surface area contributed by atoms with Crippen molar-refractivity contribution in [1.29, 1.82) is 5.26 Å². The summed E-state index contributed by atoms with van der Waals surface area (Å²) in [4.78, 5) is 12.0. The van der Waals surface area contributed by atoms with Crippen LogP contribution in [0.5, 0.6) is 5.75 Å². The van der Waals surface area contributed by atoms with E-state index in [1.807, 2.05) is 6.07 Å².